The first-order valence-electron chi connectivity index (χ1n) is 11.7. The van der Waals surface area contributed by atoms with Gasteiger partial charge in [-0.15, -0.1) is 0 Å². The van der Waals surface area contributed by atoms with Crippen LogP contribution in [0.4, 0.5) is 0 Å². The Morgan fingerprint density at radius 3 is 2.23 bits per heavy atom. The van der Waals surface area contributed by atoms with Crippen molar-refractivity contribution in [3.8, 4) is 17.1 Å². The number of para-hydroxylation sites is 2. The SMILES string of the molecule is c1ccc(-c2cccc3c2c2ccccc2n3-c2nc3ccc4oc5ccccc5c4c3o2)cc1. The molecule has 0 N–H and O–H groups in total. The number of oxazole rings is 1. The third-order valence-corrected chi connectivity index (χ3v) is 6.86. The largest absolute Gasteiger partial charge is 0.456 e. The van der Waals surface area contributed by atoms with Gasteiger partial charge in [-0.3, -0.25) is 4.57 Å². The number of benzene rings is 5. The van der Waals surface area contributed by atoms with E-state index in [0.717, 1.165) is 44.1 Å². The Morgan fingerprint density at radius 2 is 1.31 bits per heavy atom. The molecule has 0 atom stereocenters. The standard InChI is InChI=1S/C31H18N2O2/c1-2-9-19(10-3-1)20-13-8-15-25-28(20)21-11-4-6-14-24(21)33(25)31-32-23-17-18-27-29(30(23)35-31)22-12-5-7-16-26(22)34-27/h1-18H. The lowest BCUT2D eigenvalue weighted by Crippen LogP contribution is -1.93. The van der Waals surface area contributed by atoms with Gasteiger partial charge in [-0.1, -0.05) is 78.9 Å². The molecule has 0 amide bonds. The van der Waals surface area contributed by atoms with E-state index in [9.17, 15) is 0 Å². The van der Waals surface area contributed by atoms with Crippen LogP contribution in [0.5, 0.6) is 0 Å². The fourth-order valence-electron chi connectivity index (χ4n) is 5.36. The highest BCUT2D eigenvalue weighted by atomic mass is 16.4. The van der Waals surface area contributed by atoms with Gasteiger partial charge >= 0.3 is 6.01 Å². The van der Waals surface area contributed by atoms with Crippen molar-refractivity contribution >= 4 is 54.8 Å². The summed E-state index contributed by atoms with van der Waals surface area (Å²) < 4.78 is 14.7. The summed E-state index contributed by atoms with van der Waals surface area (Å²) >= 11 is 0. The smallest absolute Gasteiger partial charge is 0.307 e. The highest BCUT2D eigenvalue weighted by Gasteiger charge is 2.21. The summed E-state index contributed by atoms with van der Waals surface area (Å²) in [6.45, 7) is 0. The molecule has 3 aromatic heterocycles. The van der Waals surface area contributed by atoms with Crippen LogP contribution in [0.2, 0.25) is 0 Å². The third-order valence-electron chi connectivity index (χ3n) is 6.86. The molecule has 0 saturated carbocycles. The minimum absolute atomic E-state index is 0.550. The predicted molar refractivity (Wildman–Crippen MR) is 141 cm³/mol. The minimum atomic E-state index is 0.550. The van der Waals surface area contributed by atoms with Crippen molar-refractivity contribution in [1.29, 1.82) is 0 Å². The lowest BCUT2D eigenvalue weighted by molar-refractivity contribution is 0.577. The Kier molecular flexibility index (Phi) is 3.63. The molecule has 5 aromatic carbocycles. The Labute approximate surface area is 199 Å². The molecule has 0 aliphatic heterocycles. The zero-order valence-electron chi connectivity index (χ0n) is 18.6. The van der Waals surface area contributed by atoms with E-state index in [2.05, 4.69) is 77.4 Å². The van der Waals surface area contributed by atoms with Crippen LogP contribution in [-0.2, 0) is 0 Å². The second kappa shape index (κ2) is 6.84. The fourth-order valence-corrected chi connectivity index (χ4v) is 5.36. The van der Waals surface area contributed by atoms with Gasteiger partial charge in [0.1, 0.15) is 16.7 Å². The maximum atomic E-state index is 6.55. The van der Waals surface area contributed by atoms with Crippen molar-refractivity contribution in [2.24, 2.45) is 0 Å². The van der Waals surface area contributed by atoms with E-state index in [0.29, 0.717) is 6.01 Å². The third kappa shape index (κ3) is 2.53. The van der Waals surface area contributed by atoms with Gasteiger partial charge in [0.25, 0.3) is 0 Å². The monoisotopic (exact) mass is 450 g/mol. The summed E-state index contributed by atoms with van der Waals surface area (Å²) in [5.74, 6) is 0. The van der Waals surface area contributed by atoms with E-state index in [4.69, 9.17) is 13.8 Å². The topological polar surface area (TPSA) is 44.1 Å². The van der Waals surface area contributed by atoms with E-state index in [1.165, 1.54) is 21.9 Å². The van der Waals surface area contributed by atoms with Crippen molar-refractivity contribution in [1.82, 2.24) is 9.55 Å². The molecule has 164 valence electrons. The Hall–Kier alpha value is -4.83. The number of hydrogen-bond acceptors (Lipinski definition) is 3. The molecule has 0 saturated heterocycles. The van der Waals surface area contributed by atoms with Crippen LogP contribution >= 0.6 is 0 Å². The van der Waals surface area contributed by atoms with Gasteiger partial charge in [0.15, 0.2) is 5.58 Å². The molecule has 3 heterocycles. The van der Waals surface area contributed by atoms with Gasteiger partial charge in [-0.25, -0.2) is 0 Å². The molecule has 35 heavy (non-hydrogen) atoms. The molecule has 8 aromatic rings. The lowest BCUT2D eigenvalue weighted by Gasteiger charge is -2.05. The molecule has 0 aliphatic rings. The molecule has 0 radical (unpaired) electrons. The van der Waals surface area contributed by atoms with Crippen LogP contribution < -0.4 is 0 Å². The normalized spacial score (nSPS) is 12.0. The van der Waals surface area contributed by atoms with Crippen molar-refractivity contribution in [2.45, 2.75) is 0 Å². The second-order valence-corrected chi connectivity index (χ2v) is 8.80. The van der Waals surface area contributed by atoms with E-state index in [1.807, 2.05) is 36.4 Å². The molecule has 0 unspecified atom stereocenters. The first kappa shape index (κ1) is 18.6. The van der Waals surface area contributed by atoms with Gasteiger partial charge < -0.3 is 8.83 Å². The summed E-state index contributed by atoms with van der Waals surface area (Å²) in [5, 5.41) is 4.35. The maximum absolute atomic E-state index is 6.55. The highest BCUT2D eigenvalue weighted by molar-refractivity contribution is 6.17. The number of furan rings is 1. The molecule has 4 nitrogen and oxygen atoms in total. The Bertz CT molecular complexity index is 2060. The number of fused-ring (bicyclic) bond motifs is 8. The van der Waals surface area contributed by atoms with E-state index < -0.39 is 0 Å². The van der Waals surface area contributed by atoms with Crippen LogP contribution in [0.25, 0.3) is 72.0 Å². The summed E-state index contributed by atoms with van der Waals surface area (Å²) in [6, 6.07) is 37.9. The molecule has 0 fully saturated rings. The summed E-state index contributed by atoms with van der Waals surface area (Å²) in [6.07, 6.45) is 0. The van der Waals surface area contributed by atoms with Crippen molar-refractivity contribution in [3.63, 3.8) is 0 Å². The first-order valence-corrected chi connectivity index (χ1v) is 11.7. The minimum Gasteiger partial charge on any atom is -0.456 e. The van der Waals surface area contributed by atoms with Crippen LogP contribution in [0.1, 0.15) is 0 Å². The highest BCUT2D eigenvalue weighted by Crippen LogP contribution is 2.40. The van der Waals surface area contributed by atoms with Gasteiger partial charge in [0.05, 0.1) is 16.4 Å². The molecular formula is C31H18N2O2. The number of hydrogen-bond donors (Lipinski definition) is 0. The van der Waals surface area contributed by atoms with E-state index in [1.54, 1.807) is 0 Å². The zero-order valence-corrected chi connectivity index (χ0v) is 18.6. The number of aromatic nitrogens is 2. The molecule has 4 heteroatoms. The average Bonchev–Trinajstić information content (AvgIpc) is 3.59. The van der Waals surface area contributed by atoms with Crippen LogP contribution in [0, 0.1) is 0 Å². The van der Waals surface area contributed by atoms with Gasteiger partial charge in [0, 0.05) is 16.2 Å². The number of nitrogens with zero attached hydrogens (tertiary/aromatic N) is 2. The first-order chi connectivity index (χ1) is 17.4. The summed E-state index contributed by atoms with van der Waals surface area (Å²) in [7, 11) is 0. The van der Waals surface area contributed by atoms with E-state index >= 15 is 0 Å². The maximum Gasteiger partial charge on any atom is 0.307 e. The molecule has 0 aliphatic carbocycles. The van der Waals surface area contributed by atoms with Crippen molar-refractivity contribution in [3.05, 3.63) is 109 Å². The molecular weight excluding hydrogens is 432 g/mol. The van der Waals surface area contributed by atoms with Crippen molar-refractivity contribution < 1.29 is 8.83 Å². The van der Waals surface area contributed by atoms with Crippen LogP contribution in [-0.4, -0.2) is 9.55 Å². The van der Waals surface area contributed by atoms with Crippen LogP contribution in [0.3, 0.4) is 0 Å². The number of rotatable bonds is 2. The van der Waals surface area contributed by atoms with Gasteiger partial charge in [-0.2, -0.15) is 4.98 Å². The Morgan fingerprint density at radius 1 is 0.543 bits per heavy atom. The fraction of sp³-hybridized carbons (Fsp3) is 0. The van der Waals surface area contributed by atoms with Gasteiger partial charge in [0.2, 0.25) is 0 Å². The van der Waals surface area contributed by atoms with Crippen molar-refractivity contribution in [2.75, 3.05) is 0 Å². The molecule has 0 spiro atoms. The quantitative estimate of drug-likeness (QED) is 0.265. The summed E-state index contributed by atoms with van der Waals surface area (Å²) in [5.41, 5.74) is 7.70. The second-order valence-electron chi connectivity index (χ2n) is 8.80. The average molecular weight is 450 g/mol. The van der Waals surface area contributed by atoms with Gasteiger partial charge in [-0.05, 0) is 41.5 Å². The summed E-state index contributed by atoms with van der Waals surface area (Å²) in [4.78, 5) is 4.95. The van der Waals surface area contributed by atoms with Crippen LogP contribution in [0.15, 0.2) is 118 Å². The predicted octanol–water partition coefficient (Wildman–Crippen LogP) is 8.49. The van der Waals surface area contributed by atoms with E-state index in [-0.39, 0.29) is 0 Å². The zero-order chi connectivity index (χ0) is 22.9. The molecule has 8 rings (SSSR count). The lowest BCUT2D eigenvalue weighted by atomic mass is 10.00. The Balaban J connectivity index is 1.49. The molecule has 0 bridgehead atoms.